The summed E-state index contributed by atoms with van der Waals surface area (Å²) in [5.74, 6) is 0.989. The van der Waals surface area contributed by atoms with Crippen LogP contribution in [0.2, 0.25) is 0 Å². The van der Waals surface area contributed by atoms with Crippen LogP contribution in [0.3, 0.4) is 0 Å². The van der Waals surface area contributed by atoms with Crippen LogP contribution in [0.15, 0.2) is 18.2 Å². The van der Waals surface area contributed by atoms with Gasteiger partial charge < -0.3 is 10.1 Å². The minimum atomic E-state index is 0.106. The zero-order valence-corrected chi connectivity index (χ0v) is 12.4. The van der Waals surface area contributed by atoms with Crippen LogP contribution < -0.4 is 10.1 Å². The molecule has 1 aliphatic heterocycles. The molecule has 1 unspecified atom stereocenters. The molecule has 18 heavy (non-hydrogen) atoms. The van der Waals surface area contributed by atoms with Crippen molar-refractivity contribution in [1.82, 2.24) is 5.32 Å². The van der Waals surface area contributed by atoms with Crippen molar-refractivity contribution in [2.75, 3.05) is 13.7 Å². The average molecular weight is 247 g/mol. The Kier molecular flexibility index (Phi) is 3.18. The summed E-state index contributed by atoms with van der Waals surface area (Å²) in [6, 6.07) is 7.06. The van der Waals surface area contributed by atoms with Gasteiger partial charge in [0.05, 0.1) is 7.11 Å². The van der Waals surface area contributed by atoms with Gasteiger partial charge in [-0.3, -0.25) is 0 Å². The molecule has 0 amide bonds. The fourth-order valence-corrected chi connectivity index (χ4v) is 2.67. The summed E-state index contributed by atoms with van der Waals surface area (Å²) in [6.07, 6.45) is 0. The number of hydrogen-bond acceptors (Lipinski definition) is 2. The molecule has 100 valence electrons. The fourth-order valence-electron chi connectivity index (χ4n) is 2.67. The molecule has 1 saturated heterocycles. The predicted molar refractivity (Wildman–Crippen MR) is 76.2 cm³/mol. The summed E-state index contributed by atoms with van der Waals surface area (Å²) in [4.78, 5) is 0. The molecule has 0 saturated carbocycles. The molecule has 2 heteroatoms. The molecule has 1 aromatic carbocycles. The van der Waals surface area contributed by atoms with Crippen LogP contribution in [-0.2, 0) is 5.41 Å². The lowest BCUT2D eigenvalue weighted by Crippen LogP contribution is -2.52. The summed E-state index contributed by atoms with van der Waals surface area (Å²) in [7, 11) is 1.75. The standard InChI is InChI=1S/C16H25NO/c1-15(2,3)12-9-11(7-8-13(12)18-6)14-16(4,5)10-17-14/h7-9,14,17H,10H2,1-6H3. The molecule has 1 fully saturated rings. The first kappa shape index (κ1) is 13.4. The van der Waals surface area contributed by atoms with E-state index in [0.29, 0.717) is 11.5 Å². The van der Waals surface area contributed by atoms with Crippen molar-refractivity contribution >= 4 is 0 Å². The Hall–Kier alpha value is -1.02. The van der Waals surface area contributed by atoms with Gasteiger partial charge in [0.1, 0.15) is 5.75 Å². The van der Waals surface area contributed by atoms with Gasteiger partial charge in [-0.2, -0.15) is 0 Å². The van der Waals surface area contributed by atoms with Crippen LogP contribution in [0, 0.1) is 5.41 Å². The number of rotatable bonds is 2. The second kappa shape index (κ2) is 4.27. The number of benzene rings is 1. The summed E-state index contributed by atoms with van der Waals surface area (Å²) in [5, 5.41) is 3.53. The summed E-state index contributed by atoms with van der Waals surface area (Å²) in [5.41, 5.74) is 3.11. The lowest BCUT2D eigenvalue weighted by atomic mass is 9.73. The Morgan fingerprint density at radius 1 is 1.28 bits per heavy atom. The Bertz CT molecular complexity index is 443. The zero-order chi connectivity index (χ0) is 13.6. The number of methoxy groups -OCH3 is 1. The van der Waals surface area contributed by atoms with E-state index in [1.165, 1.54) is 11.1 Å². The van der Waals surface area contributed by atoms with Gasteiger partial charge in [-0.05, 0) is 34.1 Å². The van der Waals surface area contributed by atoms with Crippen LogP contribution in [0.25, 0.3) is 0 Å². The average Bonchev–Trinajstić information content (AvgIpc) is 2.26. The second-order valence-corrected chi connectivity index (χ2v) is 7.01. The minimum Gasteiger partial charge on any atom is -0.496 e. The van der Waals surface area contributed by atoms with Crippen molar-refractivity contribution in [3.8, 4) is 5.75 Å². The maximum absolute atomic E-state index is 5.49. The third-order valence-corrected chi connectivity index (χ3v) is 3.91. The Labute approximate surface area is 111 Å². The van der Waals surface area contributed by atoms with Gasteiger partial charge >= 0.3 is 0 Å². The van der Waals surface area contributed by atoms with Crippen molar-refractivity contribution in [2.24, 2.45) is 5.41 Å². The van der Waals surface area contributed by atoms with Crippen LogP contribution in [0.4, 0.5) is 0 Å². The maximum atomic E-state index is 5.49. The van der Waals surface area contributed by atoms with E-state index >= 15 is 0 Å². The number of nitrogens with one attached hydrogen (secondary N) is 1. The molecular formula is C16H25NO. The third-order valence-electron chi connectivity index (χ3n) is 3.91. The molecule has 1 heterocycles. The third kappa shape index (κ3) is 2.26. The summed E-state index contributed by atoms with van der Waals surface area (Å²) < 4.78 is 5.49. The van der Waals surface area contributed by atoms with Crippen molar-refractivity contribution < 1.29 is 4.74 Å². The van der Waals surface area contributed by atoms with E-state index in [0.717, 1.165) is 12.3 Å². The van der Waals surface area contributed by atoms with E-state index in [2.05, 4.69) is 58.1 Å². The van der Waals surface area contributed by atoms with Gasteiger partial charge in [-0.1, -0.05) is 40.7 Å². The van der Waals surface area contributed by atoms with E-state index in [1.807, 2.05) is 0 Å². The highest BCUT2D eigenvalue weighted by Gasteiger charge is 2.39. The van der Waals surface area contributed by atoms with E-state index < -0.39 is 0 Å². The van der Waals surface area contributed by atoms with E-state index in [1.54, 1.807) is 7.11 Å². The van der Waals surface area contributed by atoms with Crippen LogP contribution in [-0.4, -0.2) is 13.7 Å². The molecule has 1 atom stereocenters. The lowest BCUT2D eigenvalue weighted by Gasteiger charge is -2.46. The van der Waals surface area contributed by atoms with E-state index in [4.69, 9.17) is 4.74 Å². The monoisotopic (exact) mass is 247 g/mol. The molecule has 2 rings (SSSR count). The van der Waals surface area contributed by atoms with Crippen LogP contribution in [0.1, 0.15) is 51.8 Å². The molecule has 0 spiro atoms. The van der Waals surface area contributed by atoms with Gasteiger partial charge in [0, 0.05) is 12.6 Å². The number of ether oxygens (including phenoxy) is 1. The Morgan fingerprint density at radius 2 is 1.94 bits per heavy atom. The van der Waals surface area contributed by atoms with Crippen molar-refractivity contribution in [2.45, 2.75) is 46.1 Å². The zero-order valence-electron chi connectivity index (χ0n) is 12.4. The highest BCUT2D eigenvalue weighted by atomic mass is 16.5. The fraction of sp³-hybridized carbons (Fsp3) is 0.625. The first-order valence-corrected chi connectivity index (χ1v) is 6.67. The maximum Gasteiger partial charge on any atom is 0.122 e. The molecule has 1 aliphatic rings. The highest BCUT2D eigenvalue weighted by Crippen LogP contribution is 2.42. The van der Waals surface area contributed by atoms with E-state index in [-0.39, 0.29) is 5.41 Å². The van der Waals surface area contributed by atoms with Gasteiger partial charge in [-0.15, -0.1) is 0 Å². The largest absolute Gasteiger partial charge is 0.496 e. The highest BCUT2D eigenvalue weighted by molar-refractivity contribution is 5.43. The second-order valence-electron chi connectivity index (χ2n) is 7.01. The van der Waals surface area contributed by atoms with Crippen molar-refractivity contribution in [3.63, 3.8) is 0 Å². The first-order chi connectivity index (χ1) is 8.25. The van der Waals surface area contributed by atoms with Crippen LogP contribution in [0.5, 0.6) is 5.75 Å². The lowest BCUT2D eigenvalue weighted by molar-refractivity contribution is 0.128. The van der Waals surface area contributed by atoms with E-state index in [9.17, 15) is 0 Å². The molecule has 1 N–H and O–H groups in total. The molecular weight excluding hydrogens is 222 g/mol. The molecule has 0 bridgehead atoms. The van der Waals surface area contributed by atoms with Crippen LogP contribution >= 0.6 is 0 Å². The topological polar surface area (TPSA) is 21.3 Å². The summed E-state index contributed by atoms with van der Waals surface area (Å²) in [6.45, 7) is 12.4. The molecule has 1 aromatic rings. The van der Waals surface area contributed by atoms with Crippen molar-refractivity contribution in [3.05, 3.63) is 29.3 Å². The minimum absolute atomic E-state index is 0.106. The smallest absolute Gasteiger partial charge is 0.122 e. The Balaban J connectivity index is 2.41. The first-order valence-electron chi connectivity index (χ1n) is 6.67. The SMILES string of the molecule is COc1ccc(C2NCC2(C)C)cc1C(C)(C)C. The predicted octanol–water partition coefficient (Wildman–Crippen LogP) is 3.66. The quantitative estimate of drug-likeness (QED) is 0.861. The van der Waals surface area contributed by atoms with Crippen molar-refractivity contribution in [1.29, 1.82) is 0 Å². The summed E-state index contributed by atoms with van der Waals surface area (Å²) >= 11 is 0. The molecule has 0 radical (unpaired) electrons. The normalized spacial score (nSPS) is 22.4. The molecule has 2 nitrogen and oxygen atoms in total. The van der Waals surface area contributed by atoms with Gasteiger partial charge in [0.15, 0.2) is 0 Å². The molecule has 0 aromatic heterocycles. The van der Waals surface area contributed by atoms with Gasteiger partial charge in [-0.25, -0.2) is 0 Å². The Morgan fingerprint density at radius 3 is 2.33 bits per heavy atom. The van der Waals surface area contributed by atoms with Gasteiger partial charge in [0.25, 0.3) is 0 Å². The molecule has 0 aliphatic carbocycles. The number of hydrogen-bond donors (Lipinski definition) is 1. The van der Waals surface area contributed by atoms with Gasteiger partial charge in [0.2, 0.25) is 0 Å².